The second-order valence-electron chi connectivity index (χ2n) is 5.16. The van der Waals surface area contributed by atoms with Gasteiger partial charge < -0.3 is 10.2 Å². The van der Waals surface area contributed by atoms with Gasteiger partial charge in [-0.15, -0.1) is 0 Å². The first-order valence-electron chi connectivity index (χ1n) is 7.54. The zero-order valence-electron chi connectivity index (χ0n) is 13.9. The quantitative estimate of drug-likeness (QED) is 0.657. The Morgan fingerprint density at radius 2 is 1.08 bits per heavy atom. The third-order valence-electron chi connectivity index (χ3n) is 3.00. The molecule has 24 heavy (non-hydrogen) atoms. The average molecular weight is 322 g/mol. The number of benzene rings is 3. The van der Waals surface area contributed by atoms with Crippen LogP contribution in [0.3, 0.4) is 0 Å². The third kappa shape index (κ3) is 8.39. The summed E-state index contributed by atoms with van der Waals surface area (Å²) in [6, 6.07) is 25.6. The molecule has 0 bridgehead atoms. The number of carboxylic acid groups (broad SMARTS) is 1. The molecule has 0 heterocycles. The van der Waals surface area contributed by atoms with Crippen LogP contribution < -0.4 is 0 Å². The Bertz CT molecular complexity index is 684. The van der Waals surface area contributed by atoms with E-state index in [1.807, 2.05) is 37.3 Å². The minimum absolute atomic E-state index is 0.329. The minimum Gasteiger partial charge on any atom is -0.508 e. The molecular weight excluding hydrogens is 300 g/mol. The number of hydrogen-bond donors (Lipinski definition) is 2. The first-order valence-corrected chi connectivity index (χ1v) is 7.54. The smallest absolute Gasteiger partial charge is 0.335 e. The molecule has 0 unspecified atom stereocenters. The fraction of sp³-hybridized carbons (Fsp3) is 0.0952. The second kappa shape index (κ2) is 10.6. The van der Waals surface area contributed by atoms with Crippen LogP contribution in [0, 0.1) is 13.8 Å². The molecule has 3 aromatic rings. The molecule has 0 saturated heterocycles. The summed E-state index contributed by atoms with van der Waals surface area (Å²) < 4.78 is 0. The van der Waals surface area contributed by atoms with E-state index in [-0.39, 0.29) is 0 Å². The van der Waals surface area contributed by atoms with Crippen molar-refractivity contribution in [1.82, 2.24) is 0 Å². The van der Waals surface area contributed by atoms with Crippen LogP contribution in [-0.4, -0.2) is 16.2 Å². The largest absolute Gasteiger partial charge is 0.508 e. The summed E-state index contributed by atoms with van der Waals surface area (Å²) in [4.78, 5) is 10.2. The highest BCUT2D eigenvalue weighted by atomic mass is 16.4. The van der Waals surface area contributed by atoms with E-state index in [0.717, 1.165) is 0 Å². The van der Waals surface area contributed by atoms with Gasteiger partial charge in [0.05, 0.1) is 5.56 Å². The highest BCUT2D eigenvalue weighted by Crippen LogP contribution is 2.07. The van der Waals surface area contributed by atoms with E-state index in [1.54, 1.807) is 42.5 Å². The normalized spacial score (nSPS) is 8.92. The number of aromatic carboxylic acids is 1. The number of carboxylic acids is 1. The van der Waals surface area contributed by atoms with Crippen LogP contribution in [-0.2, 0) is 0 Å². The summed E-state index contributed by atoms with van der Waals surface area (Å²) in [6.45, 7) is 4.07. The number of aromatic hydroxyl groups is 1. The van der Waals surface area contributed by atoms with E-state index in [0.29, 0.717) is 11.3 Å². The maximum absolute atomic E-state index is 10.2. The average Bonchev–Trinajstić information content (AvgIpc) is 2.60. The van der Waals surface area contributed by atoms with E-state index in [9.17, 15) is 4.79 Å². The Morgan fingerprint density at radius 1 is 0.667 bits per heavy atom. The Balaban J connectivity index is 0.000000181. The van der Waals surface area contributed by atoms with Crippen molar-refractivity contribution in [2.24, 2.45) is 0 Å². The zero-order chi connectivity index (χ0) is 17.8. The molecule has 0 amide bonds. The van der Waals surface area contributed by atoms with Crippen LogP contribution in [0.25, 0.3) is 0 Å². The molecule has 0 aliphatic heterocycles. The van der Waals surface area contributed by atoms with Gasteiger partial charge in [-0.25, -0.2) is 4.79 Å². The third-order valence-corrected chi connectivity index (χ3v) is 3.00. The van der Waals surface area contributed by atoms with Gasteiger partial charge >= 0.3 is 5.97 Å². The predicted octanol–water partition coefficient (Wildman–Crippen LogP) is 5.08. The van der Waals surface area contributed by atoms with Crippen molar-refractivity contribution in [3.63, 3.8) is 0 Å². The van der Waals surface area contributed by atoms with E-state index in [1.165, 1.54) is 11.1 Å². The maximum Gasteiger partial charge on any atom is 0.335 e. The summed E-state index contributed by atoms with van der Waals surface area (Å²) in [5.41, 5.74) is 2.82. The van der Waals surface area contributed by atoms with Crippen molar-refractivity contribution in [1.29, 1.82) is 0 Å². The Hall–Kier alpha value is -3.07. The van der Waals surface area contributed by atoms with Crippen molar-refractivity contribution < 1.29 is 15.0 Å². The summed E-state index contributed by atoms with van der Waals surface area (Å²) >= 11 is 0. The Labute approximate surface area is 142 Å². The lowest BCUT2D eigenvalue weighted by Gasteiger charge is -1.89. The van der Waals surface area contributed by atoms with Crippen molar-refractivity contribution >= 4 is 5.97 Å². The SMILES string of the molecule is Cc1ccc(O)cc1.Cc1ccccc1.O=C(O)c1ccccc1. The van der Waals surface area contributed by atoms with Gasteiger partial charge in [0.15, 0.2) is 0 Å². The fourth-order valence-corrected chi connectivity index (χ4v) is 1.66. The highest BCUT2D eigenvalue weighted by molar-refractivity contribution is 5.87. The summed E-state index contributed by atoms with van der Waals surface area (Å²) in [7, 11) is 0. The van der Waals surface area contributed by atoms with E-state index in [4.69, 9.17) is 10.2 Å². The molecule has 3 aromatic carbocycles. The van der Waals surface area contributed by atoms with Gasteiger partial charge in [-0.1, -0.05) is 71.8 Å². The molecule has 0 radical (unpaired) electrons. The molecule has 3 rings (SSSR count). The maximum atomic E-state index is 10.2. The van der Waals surface area contributed by atoms with Gasteiger partial charge in [-0.3, -0.25) is 0 Å². The van der Waals surface area contributed by atoms with Crippen LogP contribution in [0.1, 0.15) is 21.5 Å². The van der Waals surface area contributed by atoms with Crippen LogP contribution in [0.5, 0.6) is 5.75 Å². The van der Waals surface area contributed by atoms with Crippen molar-refractivity contribution in [3.8, 4) is 5.75 Å². The number of rotatable bonds is 1. The molecule has 0 spiro atoms. The van der Waals surface area contributed by atoms with Crippen LogP contribution in [0.2, 0.25) is 0 Å². The van der Waals surface area contributed by atoms with Gasteiger partial charge in [0.2, 0.25) is 0 Å². The standard InChI is InChI=1S/C7H6O2.C7H8O.C7H8/c8-7(9)6-4-2-1-3-5-6;1-6-2-4-7(8)5-3-6;1-7-5-3-2-4-6-7/h1-5H,(H,8,9);2-5,8H,1H3;2-6H,1H3. The molecule has 0 aromatic heterocycles. The van der Waals surface area contributed by atoms with Gasteiger partial charge in [0.25, 0.3) is 0 Å². The van der Waals surface area contributed by atoms with Crippen molar-refractivity contribution in [2.75, 3.05) is 0 Å². The lowest BCUT2D eigenvalue weighted by Crippen LogP contribution is -1.93. The molecule has 124 valence electrons. The minimum atomic E-state index is -0.879. The number of phenolic OH excluding ortho intramolecular Hbond substituents is 1. The first kappa shape index (κ1) is 19.0. The number of aryl methyl sites for hydroxylation is 2. The van der Waals surface area contributed by atoms with Gasteiger partial charge in [-0.05, 0) is 38.1 Å². The molecule has 0 atom stereocenters. The van der Waals surface area contributed by atoms with E-state index >= 15 is 0 Å². The molecular formula is C21H22O3. The van der Waals surface area contributed by atoms with Crippen LogP contribution in [0.4, 0.5) is 0 Å². The highest BCUT2D eigenvalue weighted by Gasteiger charge is 1.96. The molecule has 0 aliphatic rings. The molecule has 0 saturated carbocycles. The lowest BCUT2D eigenvalue weighted by molar-refractivity contribution is 0.0697. The first-order chi connectivity index (χ1) is 11.5. The van der Waals surface area contributed by atoms with Gasteiger partial charge in [-0.2, -0.15) is 0 Å². The molecule has 3 heteroatoms. The fourth-order valence-electron chi connectivity index (χ4n) is 1.66. The summed E-state index contributed by atoms with van der Waals surface area (Å²) in [6.07, 6.45) is 0. The van der Waals surface area contributed by atoms with Crippen molar-refractivity contribution in [3.05, 3.63) is 102 Å². The van der Waals surface area contributed by atoms with E-state index < -0.39 is 5.97 Å². The number of hydrogen-bond acceptors (Lipinski definition) is 2. The van der Waals surface area contributed by atoms with Gasteiger partial charge in [0.1, 0.15) is 5.75 Å². The Morgan fingerprint density at radius 3 is 1.38 bits per heavy atom. The monoisotopic (exact) mass is 322 g/mol. The predicted molar refractivity (Wildman–Crippen MR) is 97.4 cm³/mol. The van der Waals surface area contributed by atoms with E-state index in [2.05, 4.69) is 19.1 Å². The molecule has 0 aliphatic carbocycles. The van der Waals surface area contributed by atoms with Crippen molar-refractivity contribution in [2.45, 2.75) is 13.8 Å². The Kier molecular flexibility index (Phi) is 8.40. The van der Waals surface area contributed by atoms with Crippen LogP contribution in [0.15, 0.2) is 84.9 Å². The summed E-state index contributed by atoms with van der Waals surface area (Å²) in [5.74, 6) is -0.550. The summed E-state index contributed by atoms with van der Waals surface area (Å²) in [5, 5.41) is 17.1. The van der Waals surface area contributed by atoms with Gasteiger partial charge in [0, 0.05) is 0 Å². The number of carbonyl (C=O) groups is 1. The topological polar surface area (TPSA) is 57.5 Å². The van der Waals surface area contributed by atoms with Crippen LogP contribution >= 0.6 is 0 Å². The number of phenols is 1. The lowest BCUT2D eigenvalue weighted by atomic mass is 10.2. The molecule has 3 nitrogen and oxygen atoms in total. The zero-order valence-corrected chi connectivity index (χ0v) is 13.9. The second-order valence-corrected chi connectivity index (χ2v) is 5.16. The molecule has 2 N–H and O–H groups in total. The molecule has 0 fully saturated rings.